The van der Waals surface area contributed by atoms with E-state index in [4.69, 9.17) is 9.47 Å². The second-order valence-electron chi connectivity index (χ2n) is 6.61. The lowest BCUT2D eigenvalue weighted by atomic mass is 9.89. The van der Waals surface area contributed by atoms with Crippen molar-refractivity contribution in [2.24, 2.45) is 5.92 Å². The highest BCUT2D eigenvalue weighted by Crippen LogP contribution is 2.35. The average molecular weight is 339 g/mol. The maximum absolute atomic E-state index is 12.2. The molecule has 3 aliphatic rings. The molecule has 0 aliphatic carbocycles. The van der Waals surface area contributed by atoms with Crippen LogP contribution in [0.2, 0.25) is 0 Å². The normalized spacial score (nSPS) is 27.4. The first-order valence-electron chi connectivity index (χ1n) is 8.18. The SMILES string of the molecule is Cl.O=C(CC1CC2CCC(C1)N2)NCc1cccc2c1OCO2. The zero-order valence-electron chi connectivity index (χ0n) is 13.0. The van der Waals surface area contributed by atoms with Gasteiger partial charge in [0.1, 0.15) is 0 Å². The fourth-order valence-electron chi connectivity index (χ4n) is 4.00. The van der Waals surface area contributed by atoms with Gasteiger partial charge in [-0.05, 0) is 37.7 Å². The molecule has 0 aromatic heterocycles. The highest BCUT2D eigenvalue weighted by atomic mass is 35.5. The number of piperidine rings is 1. The van der Waals surface area contributed by atoms with Gasteiger partial charge in [-0.25, -0.2) is 0 Å². The quantitative estimate of drug-likeness (QED) is 0.885. The number of hydrogen-bond acceptors (Lipinski definition) is 4. The zero-order chi connectivity index (χ0) is 14.9. The number of nitrogens with one attached hydrogen (secondary N) is 2. The highest BCUT2D eigenvalue weighted by molar-refractivity contribution is 5.85. The Kier molecular flexibility index (Phi) is 4.97. The summed E-state index contributed by atoms with van der Waals surface area (Å²) in [5.41, 5.74) is 0.980. The van der Waals surface area contributed by atoms with Crippen LogP contribution in [-0.2, 0) is 11.3 Å². The van der Waals surface area contributed by atoms with Crippen LogP contribution in [0.1, 0.15) is 37.7 Å². The zero-order valence-corrected chi connectivity index (χ0v) is 13.9. The molecule has 2 bridgehead atoms. The third-order valence-electron chi connectivity index (χ3n) is 5.00. The Balaban J connectivity index is 0.00000156. The van der Waals surface area contributed by atoms with E-state index in [0.717, 1.165) is 29.9 Å². The Bertz CT molecular complexity index is 569. The van der Waals surface area contributed by atoms with Gasteiger partial charge in [0, 0.05) is 30.6 Å². The van der Waals surface area contributed by atoms with Crippen molar-refractivity contribution in [3.05, 3.63) is 23.8 Å². The Hall–Kier alpha value is -1.46. The van der Waals surface area contributed by atoms with Crippen molar-refractivity contribution >= 4 is 18.3 Å². The lowest BCUT2D eigenvalue weighted by molar-refractivity contribution is -0.122. The molecule has 1 aromatic rings. The summed E-state index contributed by atoms with van der Waals surface area (Å²) in [5, 5.41) is 6.65. The first kappa shape index (κ1) is 16.4. The van der Waals surface area contributed by atoms with E-state index in [1.165, 1.54) is 12.8 Å². The Labute approximate surface area is 142 Å². The topological polar surface area (TPSA) is 59.6 Å². The molecule has 4 rings (SSSR count). The summed E-state index contributed by atoms with van der Waals surface area (Å²) in [4.78, 5) is 12.2. The van der Waals surface area contributed by atoms with Gasteiger partial charge in [0.25, 0.3) is 0 Å². The van der Waals surface area contributed by atoms with Crippen LogP contribution < -0.4 is 20.1 Å². The van der Waals surface area contributed by atoms with Gasteiger partial charge in [-0.2, -0.15) is 0 Å². The van der Waals surface area contributed by atoms with Gasteiger partial charge in [-0.1, -0.05) is 12.1 Å². The number of halogens is 1. The van der Waals surface area contributed by atoms with Crippen LogP contribution in [0.15, 0.2) is 18.2 Å². The molecule has 2 saturated heterocycles. The van der Waals surface area contributed by atoms with Gasteiger partial charge in [0.15, 0.2) is 11.5 Å². The second-order valence-corrected chi connectivity index (χ2v) is 6.61. The number of hydrogen-bond donors (Lipinski definition) is 2. The lowest BCUT2D eigenvalue weighted by Gasteiger charge is -2.28. The molecule has 1 amide bonds. The number of carbonyl (C=O) groups is 1. The van der Waals surface area contributed by atoms with E-state index < -0.39 is 0 Å². The molecule has 3 heterocycles. The van der Waals surface area contributed by atoms with Crippen LogP contribution in [0.25, 0.3) is 0 Å². The Morgan fingerprint density at radius 3 is 2.78 bits per heavy atom. The molecular formula is C17H23ClN2O3. The molecule has 6 heteroatoms. The summed E-state index contributed by atoms with van der Waals surface area (Å²) in [6.45, 7) is 0.765. The van der Waals surface area contributed by atoms with Crippen molar-refractivity contribution in [3.63, 3.8) is 0 Å². The molecule has 3 aliphatic heterocycles. The number of ether oxygens (including phenoxy) is 2. The molecule has 1 aromatic carbocycles. The van der Waals surface area contributed by atoms with E-state index in [-0.39, 0.29) is 25.1 Å². The van der Waals surface area contributed by atoms with E-state index in [1.807, 2.05) is 18.2 Å². The summed E-state index contributed by atoms with van der Waals surface area (Å²) in [6.07, 6.45) is 5.47. The van der Waals surface area contributed by atoms with Gasteiger partial charge < -0.3 is 20.1 Å². The van der Waals surface area contributed by atoms with Crippen LogP contribution >= 0.6 is 12.4 Å². The fourth-order valence-corrected chi connectivity index (χ4v) is 4.00. The molecule has 0 saturated carbocycles. The number of carbonyl (C=O) groups excluding carboxylic acids is 1. The van der Waals surface area contributed by atoms with E-state index in [0.29, 0.717) is 31.0 Å². The van der Waals surface area contributed by atoms with Gasteiger partial charge >= 0.3 is 0 Å². The summed E-state index contributed by atoms with van der Waals surface area (Å²) in [7, 11) is 0. The molecule has 2 unspecified atom stereocenters. The minimum atomic E-state index is 0. The van der Waals surface area contributed by atoms with E-state index in [9.17, 15) is 4.79 Å². The van der Waals surface area contributed by atoms with Crippen molar-refractivity contribution in [1.82, 2.24) is 10.6 Å². The fraction of sp³-hybridized carbons (Fsp3) is 0.588. The van der Waals surface area contributed by atoms with E-state index in [2.05, 4.69) is 10.6 Å². The minimum Gasteiger partial charge on any atom is -0.454 e. The van der Waals surface area contributed by atoms with Crippen molar-refractivity contribution < 1.29 is 14.3 Å². The predicted molar refractivity (Wildman–Crippen MR) is 88.9 cm³/mol. The summed E-state index contributed by atoms with van der Waals surface area (Å²) in [6, 6.07) is 7.07. The number of fused-ring (bicyclic) bond motifs is 3. The molecular weight excluding hydrogens is 316 g/mol. The monoisotopic (exact) mass is 338 g/mol. The molecule has 2 fully saturated rings. The first-order chi connectivity index (χ1) is 10.8. The first-order valence-corrected chi connectivity index (χ1v) is 8.18. The van der Waals surface area contributed by atoms with Crippen LogP contribution in [0.3, 0.4) is 0 Å². The lowest BCUT2D eigenvalue weighted by Crippen LogP contribution is -2.39. The number of amides is 1. The average Bonchev–Trinajstić information content (AvgIpc) is 3.11. The maximum atomic E-state index is 12.2. The second kappa shape index (κ2) is 6.97. The maximum Gasteiger partial charge on any atom is 0.231 e. The van der Waals surface area contributed by atoms with Crippen molar-refractivity contribution in [2.75, 3.05) is 6.79 Å². The molecule has 126 valence electrons. The molecule has 2 N–H and O–H groups in total. The molecule has 5 nitrogen and oxygen atoms in total. The van der Waals surface area contributed by atoms with Gasteiger partial charge in [-0.3, -0.25) is 4.79 Å². The molecule has 23 heavy (non-hydrogen) atoms. The predicted octanol–water partition coefficient (Wildman–Crippen LogP) is 2.37. The molecule has 0 spiro atoms. The summed E-state index contributed by atoms with van der Waals surface area (Å²) < 4.78 is 10.8. The largest absolute Gasteiger partial charge is 0.454 e. The van der Waals surface area contributed by atoms with E-state index >= 15 is 0 Å². The van der Waals surface area contributed by atoms with Crippen molar-refractivity contribution in [2.45, 2.75) is 50.7 Å². The molecule has 0 radical (unpaired) electrons. The standard InChI is InChI=1S/C17H22N2O3.ClH/c20-16(8-11-6-13-4-5-14(7-11)19-13)18-9-12-2-1-3-15-17(12)22-10-21-15;/h1-3,11,13-14,19H,4-10H2,(H,18,20);1H. The molecule has 2 atom stereocenters. The third-order valence-corrected chi connectivity index (χ3v) is 5.00. The Morgan fingerprint density at radius 1 is 1.22 bits per heavy atom. The van der Waals surface area contributed by atoms with Crippen LogP contribution in [0.5, 0.6) is 11.5 Å². The third kappa shape index (κ3) is 3.56. The Morgan fingerprint density at radius 2 is 2.00 bits per heavy atom. The van der Waals surface area contributed by atoms with Crippen LogP contribution in [0, 0.1) is 5.92 Å². The van der Waals surface area contributed by atoms with Gasteiger partial charge in [0.05, 0.1) is 0 Å². The number of benzene rings is 1. The van der Waals surface area contributed by atoms with Crippen molar-refractivity contribution in [3.8, 4) is 11.5 Å². The minimum absolute atomic E-state index is 0. The summed E-state index contributed by atoms with van der Waals surface area (Å²) in [5.74, 6) is 2.20. The summed E-state index contributed by atoms with van der Waals surface area (Å²) >= 11 is 0. The van der Waals surface area contributed by atoms with Crippen LogP contribution in [0.4, 0.5) is 0 Å². The van der Waals surface area contributed by atoms with Gasteiger partial charge in [-0.15, -0.1) is 12.4 Å². The van der Waals surface area contributed by atoms with Crippen molar-refractivity contribution in [1.29, 1.82) is 0 Å². The number of para-hydroxylation sites is 1. The van der Waals surface area contributed by atoms with E-state index in [1.54, 1.807) is 0 Å². The smallest absolute Gasteiger partial charge is 0.231 e. The van der Waals surface area contributed by atoms with Gasteiger partial charge in [0.2, 0.25) is 12.7 Å². The van der Waals surface area contributed by atoms with Crippen LogP contribution in [-0.4, -0.2) is 24.8 Å². The number of rotatable bonds is 4. The highest BCUT2D eigenvalue weighted by Gasteiger charge is 2.34.